The molecular formula is C18H25N5O2. The summed E-state index contributed by atoms with van der Waals surface area (Å²) >= 11 is 0. The minimum absolute atomic E-state index is 0.0622. The SMILES string of the molecule is O=C(c1cn2c(n1)CNCC2)N1C[C@H]2C[C@H](C1)[C@@H]1CCCC(=O)N1C2. The fourth-order valence-electron chi connectivity index (χ4n) is 5.23. The maximum Gasteiger partial charge on any atom is 0.274 e. The predicted octanol–water partition coefficient (Wildman–Crippen LogP) is 0.459. The standard InChI is InChI=1S/C18H25N5O2/c24-17-3-1-2-15-13-6-12(9-23(15)17)8-22(10-13)18(25)14-11-21-5-4-19-7-16(21)20-14/h11-13,15,19H,1-10H2/t12-,13-,15+/m1/s1. The quantitative estimate of drug-likeness (QED) is 0.804. The van der Waals surface area contributed by atoms with Crippen LogP contribution < -0.4 is 5.32 Å². The largest absolute Gasteiger partial charge is 0.339 e. The van der Waals surface area contributed by atoms with Crippen LogP contribution in [0.1, 0.15) is 42.0 Å². The summed E-state index contributed by atoms with van der Waals surface area (Å²) < 4.78 is 2.09. The van der Waals surface area contributed by atoms with Crippen LogP contribution >= 0.6 is 0 Å². The molecule has 3 fully saturated rings. The first-order valence-electron chi connectivity index (χ1n) is 9.54. The van der Waals surface area contributed by atoms with Crippen molar-refractivity contribution < 1.29 is 9.59 Å². The van der Waals surface area contributed by atoms with Crippen LogP contribution in [-0.4, -0.2) is 63.4 Å². The molecule has 0 aliphatic carbocycles. The van der Waals surface area contributed by atoms with Crippen LogP contribution in [0.4, 0.5) is 0 Å². The van der Waals surface area contributed by atoms with Crippen LogP contribution in [0.5, 0.6) is 0 Å². The van der Waals surface area contributed by atoms with Gasteiger partial charge in [-0.3, -0.25) is 9.59 Å². The number of carbonyl (C=O) groups excluding carboxylic acids is 2. The number of nitrogens with one attached hydrogen (secondary N) is 1. The summed E-state index contributed by atoms with van der Waals surface area (Å²) in [6.45, 7) is 4.89. The molecule has 4 aliphatic rings. The number of likely N-dealkylation sites (tertiary alicyclic amines) is 1. The van der Waals surface area contributed by atoms with Crippen LogP contribution in [0.3, 0.4) is 0 Å². The van der Waals surface area contributed by atoms with Gasteiger partial charge in [0.05, 0.1) is 6.54 Å². The molecule has 3 saturated heterocycles. The summed E-state index contributed by atoms with van der Waals surface area (Å²) in [5.74, 6) is 2.18. The molecule has 7 heteroatoms. The van der Waals surface area contributed by atoms with Gasteiger partial charge >= 0.3 is 0 Å². The first-order chi connectivity index (χ1) is 12.2. The molecule has 0 unspecified atom stereocenters. The van der Waals surface area contributed by atoms with Crippen molar-refractivity contribution in [3.8, 4) is 0 Å². The molecule has 1 N–H and O–H groups in total. The number of carbonyl (C=O) groups is 2. The van der Waals surface area contributed by atoms with Crippen molar-refractivity contribution in [3.05, 3.63) is 17.7 Å². The number of hydrogen-bond acceptors (Lipinski definition) is 4. The second-order valence-electron chi connectivity index (χ2n) is 7.99. The van der Waals surface area contributed by atoms with Gasteiger partial charge in [-0.2, -0.15) is 0 Å². The van der Waals surface area contributed by atoms with E-state index in [4.69, 9.17) is 0 Å². The monoisotopic (exact) mass is 343 g/mol. The highest BCUT2D eigenvalue weighted by atomic mass is 16.2. The van der Waals surface area contributed by atoms with Gasteiger partial charge in [-0.25, -0.2) is 4.98 Å². The van der Waals surface area contributed by atoms with Crippen molar-refractivity contribution in [2.45, 2.75) is 44.8 Å². The van der Waals surface area contributed by atoms with Crippen molar-refractivity contribution >= 4 is 11.8 Å². The molecule has 5 heterocycles. The van der Waals surface area contributed by atoms with E-state index in [2.05, 4.69) is 19.8 Å². The van der Waals surface area contributed by atoms with Gasteiger partial charge in [-0.15, -0.1) is 0 Å². The topological polar surface area (TPSA) is 70.5 Å². The summed E-state index contributed by atoms with van der Waals surface area (Å²) in [5.41, 5.74) is 0.579. The van der Waals surface area contributed by atoms with Crippen molar-refractivity contribution in [2.75, 3.05) is 26.2 Å². The number of amides is 2. The Morgan fingerprint density at radius 2 is 2.20 bits per heavy atom. The number of fused-ring (bicyclic) bond motifs is 5. The van der Waals surface area contributed by atoms with Gasteiger partial charge in [0.1, 0.15) is 11.5 Å². The summed E-state index contributed by atoms with van der Waals surface area (Å²) in [7, 11) is 0. The zero-order valence-electron chi connectivity index (χ0n) is 14.5. The van der Waals surface area contributed by atoms with Gasteiger partial charge in [0.2, 0.25) is 5.91 Å². The highest BCUT2D eigenvalue weighted by Gasteiger charge is 2.45. The summed E-state index contributed by atoms with van der Waals surface area (Å²) in [5, 5.41) is 3.29. The maximum absolute atomic E-state index is 13.0. The van der Waals surface area contributed by atoms with Crippen LogP contribution in [0.15, 0.2) is 6.20 Å². The second-order valence-corrected chi connectivity index (χ2v) is 7.99. The third-order valence-electron chi connectivity index (χ3n) is 6.36. The van der Waals surface area contributed by atoms with Crippen molar-refractivity contribution in [3.63, 3.8) is 0 Å². The lowest BCUT2D eigenvalue weighted by Gasteiger charge is -2.52. The van der Waals surface area contributed by atoms with E-state index >= 15 is 0 Å². The van der Waals surface area contributed by atoms with Crippen molar-refractivity contribution in [1.82, 2.24) is 24.7 Å². The zero-order valence-corrected chi connectivity index (χ0v) is 14.5. The highest BCUT2D eigenvalue weighted by molar-refractivity contribution is 5.92. The summed E-state index contributed by atoms with van der Waals surface area (Å²) in [6, 6.07) is 0.340. The molecule has 7 nitrogen and oxygen atoms in total. The van der Waals surface area contributed by atoms with Gasteiger partial charge in [0.15, 0.2) is 0 Å². The van der Waals surface area contributed by atoms with Crippen LogP contribution in [0.2, 0.25) is 0 Å². The van der Waals surface area contributed by atoms with E-state index < -0.39 is 0 Å². The average Bonchev–Trinajstić information content (AvgIpc) is 3.06. The molecule has 4 aliphatic heterocycles. The van der Waals surface area contributed by atoms with Gasteiger partial charge in [0.25, 0.3) is 5.91 Å². The minimum Gasteiger partial charge on any atom is -0.339 e. The Hall–Kier alpha value is -1.89. The molecular weight excluding hydrogens is 318 g/mol. The van der Waals surface area contributed by atoms with Crippen LogP contribution in [0.25, 0.3) is 0 Å². The van der Waals surface area contributed by atoms with E-state index in [9.17, 15) is 9.59 Å². The zero-order chi connectivity index (χ0) is 17.0. The number of rotatable bonds is 1. The number of imidazole rings is 1. The molecule has 0 aromatic carbocycles. The van der Waals surface area contributed by atoms with Gasteiger partial charge in [-0.05, 0) is 31.1 Å². The molecule has 0 spiro atoms. The number of nitrogens with zero attached hydrogens (tertiary/aromatic N) is 4. The molecule has 0 saturated carbocycles. The van der Waals surface area contributed by atoms with E-state index in [-0.39, 0.29) is 5.91 Å². The fraction of sp³-hybridized carbons (Fsp3) is 0.722. The Kier molecular flexibility index (Phi) is 3.58. The number of hydrogen-bond donors (Lipinski definition) is 1. The fourth-order valence-corrected chi connectivity index (χ4v) is 5.23. The van der Waals surface area contributed by atoms with Crippen molar-refractivity contribution in [1.29, 1.82) is 0 Å². The average molecular weight is 343 g/mol. The molecule has 2 amide bonds. The van der Waals surface area contributed by atoms with Gasteiger partial charge < -0.3 is 19.7 Å². The molecule has 5 rings (SSSR count). The van der Waals surface area contributed by atoms with Gasteiger partial charge in [-0.1, -0.05) is 0 Å². The molecule has 2 bridgehead atoms. The Bertz CT molecular complexity index is 691. The normalized spacial score (nSPS) is 31.5. The molecule has 25 heavy (non-hydrogen) atoms. The lowest BCUT2D eigenvalue weighted by molar-refractivity contribution is -0.144. The number of aromatic nitrogens is 2. The lowest BCUT2D eigenvalue weighted by Crippen LogP contribution is -2.61. The second kappa shape index (κ2) is 5.83. The first-order valence-corrected chi connectivity index (χ1v) is 9.54. The third kappa shape index (κ3) is 2.56. The molecule has 3 atom stereocenters. The Labute approximate surface area is 147 Å². The Morgan fingerprint density at radius 1 is 1.28 bits per heavy atom. The van der Waals surface area contributed by atoms with Crippen molar-refractivity contribution in [2.24, 2.45) is 11.8 Å². The van der Waals surface area contributed by atoms with E-state index in [1.54, 1.807) is 0 Å². The smallest absolute Gasteiger partial charge is 0.274 e. The lowest BCUT2D eigenvalue weighted by atomic mass is 9.76. The molecule has 1 aromatic rings. The highest BCUT2D eigenvalue weighted by Crippen LogP contribution is 2.38. The number of piperidine rings is 3. The molecule has 1 aromatic heterocycles. The predicted molar refractivity (Wildman–Crippen MR) is 90.8 cm³/mol. The Balaban J connectivity index is 1.35. The molecule has 0 radical (unpaired) electrons. The summed E-state index contributed by atoms with van der Waals surface area (Å²) in [6.07, 6.45) is 5.86. The van der Waals surface area contributed by atoms with Gasteiger partial charge in [0, 0.05) is 51.4 Å². The van der Waals surface area contributed by atoms with Crippen LogP contribution in [-0.2, 0) is 17.9 Å². The Morgan fingerprint density at radius 3 is 3.08 bits per heavy atom. The van der Waals surface area contributed by atoms with E-state index in [0.29, 0.717) is 35.9 Å². The maximum atomic E-state index is 13.0. The van der Waals surface area contributed by atoms with E-state index in [0.717, 1.165) is 64.4 Å². The first kappa shape index (κ1) is 15.4. The third-order valence-corrected chi connectivity index (χ3v) is 6.36. The van der Waals surface area contributed by atoms with E-state index in [1.807, 2.05) is 11.1 Å². The van der Waals surface area contributed by atoms with E-state index in [1.165, 1.54) is 0 Å². The molecule has 134 valence electrons. The minimum atomic E-state index is 0.0622. The summed E-state index contributed by atoms with van der Waals surface area (Å²) in [4.78, 5) is 33.9. The van der Waals surface area contributed by atoms with Crippen LogP contribution in [0, 0.1) is 11.8 Å².